The third kappa shape index (κ3) is 3.72. The minimum absolute atomic E-state index is 0.361. The normalized spacial score (nSPS) is 12.3. The molecule has 0 aliphatic rings. The Bertz CT molecular complexity index is 661. The number of aryl methyl sites for hydroxylation is 1. The number of rotatable bonds is 4. The summed E-state index contributed by atoms with van der Waals surface area (Å²) in [7, 11) is 0. The van der Waals surface area contributed by atoms with Crippen LogP contribution in [0.15, 0.2) is 34.8 Å². The molecule has 0 aliphatic heterocycles. The molecule has 21 heavy (non-hydrogen) atoms. The summed E-state index contributed by atoms with van der Waals surface area (Å²) in [5, 5.41) is 1.05. The first kappa shape index (κ1) is 16.6. The predicted molar refractivity (Wildman–Crippen MR) is 92.5 cm³/mol. The van der Waals surface area contributed by atoms with E-state index in [0.29, 0.717) is 22.4 Å². The lowest BCUT2D eigenvalue weighted by molar-refractivity contribution is 0.340. The van der Waals surface area contributed by atoms with Crippen molar-refractivity contribution < 1.29 is 4.74 Å². The molecule has 112 valence electrons. The van der Waals surface area contributed by atoms with Gasteiger partial charge in [-0.2, -0.15) is 0 Å². The number of hydrogen-bond donors (Lipinski definition) is 1. The van der Waals surface area contributed by atoms with Crippen LogP contribution in [-0.4, -0.2) is 6.61 Å². The third-order valence-electron chi connectivity index (χ3n) is 3.18. The monoisotopic (exact) mass is 387 g/mol. The van der Waals surface area contributed by atoms with Crippen molar-refractivity contribution in [1.82, 2.24) is 0 Å². The minimum Gasteiger partial charge on any atom is -0.492 e. The fourth-order valence-corrected chi connectivity index (χ4v) is 3.34. The minimum atomic E-state index is -0.361. The van der Waals surface area contributed by atoms with Crippen molar-refractivity contribution in [2.24, 2.45) is 5.73 Å². The fraction of sp³-hybridized carbons (Fsp3) is 0.250. The van der Waals surface area contributed by atoms with Crippen LogP contribution in [0.2, 0.25) is 10.0 Å². The quantitative estimate of drug-likeness (QED) is 0.749. The second-order valence-electron chi connectivity index (χ2n) is 4.74. The summed E-state index contributed by atoms with van der Waals surface area (Å²) in [5.41, 5.74) is 9.24. The summed E-state index contributed by atoms with van der Waals surface area (Å²) >= 11 is 16.1. The van der Waals surface area contributed by atoms with Crippen LogP contribution in [-0.2, 0) is 0 Å². The van der Waals surface area contributed by atoms with Crippen LogP contribution in [0.3, 0.4) is 0 Å². The van der Waals surface area contributed by atoms with Gasteiger partial charge in [-0.1, -0.05) is 51.3 Å². The van der Waals surface area contributed by atoms with Crippen LogP contribution in [0, 0.1) is 6.92 Å². The van der Waals surface area contributed by atoms with Crippen molar-refractivity contribution in [3.63, 3.8) is 0 Å². The fourth-order valence-electron chi connectivity index (χ4n) is 2.10. The van der Waals surface area contributed by atoms with Gasteiger partial charge in [0.1, 0.15) is 5.75 Å². The Morgan fingerprint density at radius 3 is 2.48 bits per heavy atom. The number of benzene rings is 2. The molecular weight excluding hydrogens is 373 g/mol. The molecule has 0 bridgehead atoms. The Morgan fingerprint density at radius 1 is 1.14 bits per heavy atom. The van der Waals surface area contributed by atoms with E-state index in [0.717, 1.165) is 21.2 Å². The maximum absolute atomic E-state index is 6.35. The Labute approximate surface area is 143 Å². The molecule has 2 nitrogen and oxygen atoms in total. The zero-order chi connectivity index (χ0) is 15.6. The van der Waals surface area contributed by atoms with Crippen molar-refractivity contribution in [2.75, 3.05) is 6.61 Å². The Kier molecular flexibility index (Phi) is 5.55. The van der Waals surface area contributed by atoms with Gasteiger partial charge in [0.15, 0.2) is 0 Å². The van der Waals surface area contributed by atoms with Crippen LogP contribution in [0.1, 0.15) is 29.7 Å². The SMILES string of the molecule is CCOc1cc(Cl)c(C(N)c2ccc(C)cc2Br)cc1Cl. The van der Waals surface area contributed by atoms with Crippen molar-refractivity contribution in [3.8, 4) is 5.75 Å². The molecule has 2 N–H and O–H groups in total. The Hall–Kier alpha value is -0.740. The highest BCUT2D eigenvalue weighted by Gasteiger charge is 2.18. The molecule has 0 fully saturated rings. The van der Waals surface area contributed by atoms with Crippen molar-refractivity contribution in [2.45, 2.75) is 19.9 Å². The van der Waals surface area contributed by atoms with Gasteiger partial charge in [-0.25, -0.2) is 0 Å². The molecule has 0 radical (unpaired) electrons. The van der Waals surface area contributed by atoms with Gasteiger partial charge < -0.3 is 10.5 Å². The molecule has 0 saturated carbocycles. The molecule has 2 aromatic carbocycles. The van der Waals surface area contributed by atoms with Gasteiger partial charge in [0.05, 0.1) is 17.7 Å². The molecule has 1 atom stereocenters. The standard InChI is InChI=1S/C16H16BrCl2NO/c1-3-21-15-8-13(18)11(7-14(15)19)16(20)10-5-4-9(2)6-12(10)17/h4-8,16H,3,20H2,1-2H3. The lowest BCUT2D eigenvalue weighted by Crippen LogP contribution is -2.13. The largest absolute Gasteiger partial charge is 0.492 e. The molecule has 0 aromatic heterocycles. The van der Waals surface area contributed by atoms with Crippen LogP contribution >= 0.6 is 39.1 Å². The van der Waals surface area contributed by atoms with Gasteiger partial charge in [0.25, 0.3) is 0 Å². The van der Waals surface area contributed by atoms with E-state index in [1.807, 2.05) is 32.0 Å². The third-order valence-corrected chi connectivity index (χ3v) is 4.49. The summed E-state index contributed by atoms with van der Waals surface area (Å²) < 4.78 is 6.39. The average molecular weight is 389 g/mol. The number of ether oxygens (including phenoxy) is 1. The Balaban J connectivity index is 2.43. The smallest absolute Gasteiger partial charge is 0.139 e. The molecule has 0 aliphatic carbocycles. The van der Waals surface area contributed by atoms with Crippen LogP contribution in [0.4, 0.5) is 0 Å². The van der Waals surface area contributed by atoms with E-state index in [9.17, 15) is 0 Å². The van der Waals surface area contributed by atoms with Crippen molar-refractivity contribution in [1.29, 1.82) is 0 Å². The van der Waals surface area contributed by atoms with E-state index in [4.69, 9.17) is 33.7 Å². The van der Waals surface area contributed by atoms with E-state index < -0.39 is 0 Å². The first-order valence-electron chi connectivity index (χ1n) is 6.57. The highest BCUT2D eigenvalue weighted by Crippen LogP contribution is 2.37. The summed E-state index contributed by atoms with van der Waals surface area (Å²) in [6.45, 7) is 4.46. The van der Waals surface area contributed by atoms with Crippen LogP contribution in [0.5, 0.6) is 5.75 Å². The van der Waals surface area contributed by atoms with Gasteiger partial charge >= 0.3 is 0 Å². The summed E-state index contributed by atoms with van der Waals surface area (Å²) in [5.74, 6) is 0.572. The number of hydrogen-bond acceptors (Lipinski definition) is 2. The van der Waals surface area contributed by atoms with Gasteiger partial charge in [0, 0.05) is 15.6 Å². The summed E-state index contributed by atoms with van der Waals surface area (Å²) in [4.78, 5) is 0. The molecule has 0 spiro atoms. The molecule has 0 heterocycles. The Morgan fingerprint density at radius 2 is 1.86 bits per heavy atom. The topological polar surface area (TPSA) is 35.2 Å². The zero-order valence-electron chi connectivity index (χ0n) is 11.8. The van der Waals surface area contributed by atoms with E-state index >= 15 is 0 Å². The zero-order valence-corrected chi connectivity index (χ0v) is 14.9. The molecular formula is C16H16BrCl2NO. The van der Waals surface area contributed by atoms with Crippen LogP contribution < -0.4 is 10.5 Å². The van der Waals surface area contributed by atoms with Gasteiger partial charge in [-0.15, -0.1) is 0 Å². The van der Waals surface area contributed by atoms with Crippen molar-refractivity contribution >= 4 is 39.1 Å². The van der Waals surface area contributed by atoms with E-state index in [2.05, 4.69) is 15.9 Å². The van der Waals surface area contributed by atoms with E-state index in [1.54, 1.807) is 12.1 Å². The lowest BCUT2D eigenvalue weighted by Gasteiger charge is -2.18. The number of nitrogens with two attached hydrogens (primary N) is 1. The van der Waals surface area contributed by atoms with Gasteiger partial charge in [-0.3, -0.25) is 0 Å². The molecule has 0 saturated heterocycles. The second kappa shape index (κ2) is 7.01. The van der Waals surface area contributed by atoms with Gasteiger partial charge in [-0.05, 0) is 42.7 Å². The van der Waals surface area contributed by atoms with E-state index in [-0.39, 0.29) is 6.04 Å². The summed E-state index contributed by atoms with van der Waals surface area (Å²) in [6.07, 6.45) is 0. The molecule has 1 unspecified atom stereocenters. The first-order chi connectivity index (χ1) is 9.93. The second-order valence-corrected chi connectivity index (χ2v) is 6.41. The lowest BCUT2D eigenvalue weighted by atomic mass is 9.98. The highest BCUT2D eigenvalue weighted by molar-refractivity contribution is 9.10. The highest BCUT2D eigenvalue weighted by atomic mass is 79.9. The van der Waals surface area contributed by atoms with E-state index in [1.165, 1.54) is 0 Å². The van der Waals surface area contributed by atoms with Gasteiger partial charge in [0.2, 0.25) is 0 Å². The summed E-state index contributed by atoms with van der Waals surface area (Å²) in [6, 6.07) is 9.16. The maximum atomic E-state index is 6.35. The maximum Gasteiger partial charge on any atom is 0.139 e. The average Bonchev–Trinajstić information content (AvgIpc) is 2.42. The van der Waals surface area contributed by atoms with Crippen molar-refractivity contribution in [3.05, 3.63) is 61.5 Å². The first-order valence-corrected chi connectivity index (χ1v) is 8.12. The molecule has 0 amide bonds. The molecule has 5 heteroatoms. The van der Waals surface area contributed by atoms with Crippen LogP contribution in [0.25, 0.3) is 0 Å². The predicted octanol–water partition coefficient (Wildman–Crippen LogP) is 5.51. The molecule has 2 aromatic rings. The number of halogens is 3. The molecule has 2 rings (SSSR count).